The average Bonchev–Trinajstić information content (AvgIpc) is 2.86. The molecule has 1 aliphatic rings. The molecular weight excluding hydrogens is 363 g/mol. The van der Waals surface area contributed by atoms with Gasteiger partial charge in [0.2, 0.25) is 0 Å². The Morgan fingerprint density at radius 3 is 2.80 bits per heavy atom. The third kappa shape index (κ3) is 2.08. The van der Waals surface area contributed by atoms with Crippen LogP contribution in [0, 0.1) is 10.5 Å². The van der Waals surface area contributed by atoms with Crippen LogP contribution in [0.4, 0.5) is 11.4 Å². The van der Waals surface area contributed by atoms with Gasteiger partial charge in [-0.3, -0.25) is 4.79 Å². The molecule has 2 aromatic carbocycles. The largest absolute Gasteiger partial charge is 0.398 e. The van der Waals surface area contributed by atoms with Gasteiger partial charge in [-0.25, -0.2) is 0 Å². The van der Waals surface area contributed by atoms with Crippen LogP contribution in [0.1, 0.15) is 21.5 Å². The molecule has 4 heteroatoms. The second-order valence-corrected chi connectivity index (χ2v) is 6.07. The van der Waals surface area contributed by atoms with Crippen LogP contribution < -0.4 is 10.6 Å². The number of carbonyl (C=O) groups excluding carboxylic acids is 1. The van der Waals surface area contributed by atoms with Crippen molar-refractivity contribution in [2.45, 2.75) is 13.3 Å². The number of amides is 1. The molecule has 20 heavy (non-hydrogen) atoms. The number of nitrogens with zero attached hydrogens (tertiary/aromatic N) is 1. The standard InChI is InChI=1S/C16H15IN2O/c1-10-4-2-5-12(15(10)17)16(20)19-9-8-11-13(18)6-3-7-14(11)19/h2-7H,8-9,18H2,1H3. The summed E-state index contributed by atoms with van der Waals surface area (Å²) in [5.41, 5.74) is 10.7. The summed E-state index contributed by atoms with van der Waals surface area (Å²) in [6, 6.07) is 11.6. The number of rotatable bonds is 1. The molecule has 0 radical (unpaired) electrons. The van der Waals surface area contributed by atoms with Gasteiger partial charge in [0.05, 0.1) is 5.56 Å². The second-order valence-electron chi connectivity index (χ2n) is 4.99. The maximum absolute atomic E-state index is 12.8. The number of fused-ring (bicyclic) bond motifs is 1. The number of nitrogens with two attached hydrogens (primary N) is 1. The van der Waals surface area contributed by atoms with Gasteiger partial charge >= 0.3 is 0 Å². The van der Waals surface area contributed by atoms with Crippen molar-refractivity contribution >= 4 is 39.9 Å². The van der Waals surface area contributed by atoms with Gasteiger partial charge in [-0.05, 0) is 59.7 Å². The van der Waals surface area contributed by atoms with Gasteiger partial charge in [0.1, 0.15) is 0 Å². The Labute approximate surface area is 131 Å². The molecule has 0 aromatic heterocycles. The molecule has 0 bridgehead atoms. The molecule has 2 N–H and O–H groups in total. The first-order valence-corrected chi connectivity index (χ1v) is 7.62. The van der Waals surface area contributed by atoms with Crippen LogP contribution in [-0.4, -0.2) is 12.5 Å². The lowest BCUT2D eigenvalue weighted by atomic mass is 10.1. The number of aryl methyl sites for hydroxylation is 1. The monoisotopic (exact) mass is 378 g/mol. The highest BCUT2D eigenvalue weighted by molar-refractivity contribution is 14.1. The van der Waals surface area contributed by atoms with Gasteiger partial charge in [-0.1, -0.05) is 18.2 Å². The van der Waals surface area contributed by atoms with Gasteiger partial charge in [0.15, 0.2) is 0 Å². The molecule has 0 unspecified atom stereocenters. The number of carbonyl (C=O) groups is 1. The molecule has 1 aliphatic heterocycles. The van der Waals surface area contributed by atoms with Crippen molar-refractivity contribution in [1.29, 1.82) is 0 Å². The molecule has 1 heterocycles. The summed E-state index contributed by atoms with van der Waals surface area (Å²) in [7, 11) is 0. The van der Waals surface area contributed by atoms with E-state index in [9.17, 15) is 4.79 Å². The van der Waals surface area contributed by atoms with Crippen molar-refractivity contribution in [2.24, 2.45) is 0 Å². The lowest BCUT2D eigenvalue weighted by Crippen LogP contribution is -2.29. The normalized spacial score (nSPS) is 13.4. The van der Waals surface area contributed by atoms with Crippen LogP contribution in [0.5, 0.6) is 0 Å². The third-order valence-corrected chi connectivity index (χ3v) is 5.16. The minimum atomic E-state index is 0.0578. The van der Waals surface area contributed by atoms with Crippen LogP contribution in [0.15, 0.2) is 36.4 Å². The van der Waals surface area contributed by atoms with Crippen LogP contribution in [-0.2, 0) is 6.42 Å². The van der Waals surface area contributed by atoms with E-state index in [1.165, 1.54) is 0 Å². The minimum absolute atomic E-state index is 0.0578. The lowest BCUT2D eigenvalue weighted by molar-refractivity contribution is 0.0988. The quantitative estimate of drug-likeness (QED) is 0.611. The van der Waals surface area contributed by atoms with E-state index in [0.29, 0.717) is 6.54 Å². The molecular formula is C16H15IN2O. The molecule has 0 aliphatic carbocycles. The number of nitrogen functional groups attached to an aromatic ring is 1. The van der Waals surface area contributed by atoms with E-state index >= 15 is 0 Å². The van der Waals surface area contributed by atoms with E-state index in [-0.39, 0.29) is 5.91 Å². The van der Waals surface area contributed by atoms with Gasteiger partial charge in [0.25, 0.3) is 5.91 Å². The first-order valence-electron chi connectivity index (χ1n) is 6.54. The Hall–Kier alpha value is -1.56. The Morgan fingerprint density at radius 2 is 2.00 bits per heavy atom. The topological polar surface area (TPSA) is 46.3 Å². The highest BCUT2D eigenvalue weighted by Crippen LogP contribution is 2.33. The molecule has 0 fully saturated rings. The summed E-state index contributed by atoms with van der Waals surface area (Å²) in [5.74, 6) is 0.0578. The summed E-state index contributed by atoms with van der Waals surface area (Å²) < 4.78 is 1.02. The van der Waals surface area contributed by atoms with E-state index in [2.05, 4.69) is 22.6 Å². The van der Waals surface area contributed by atoms with Crippen LogP contribution in [0.3, 0.4) is 0 Å². The minimum Gasteiger partial charge on any atom is -0.398 e. The van der Waals surface area contributed by atoms with Crippen molar-refractivity contribution in [3.05, 3.63) is 56.7 Å². The van der Waals surface area contributed by atoms with Gasteiger partial charge in [-0.15, -0.1) is 0 Å². The van der Waals surface area contributed by atoms with Crippen LogP contribution >= 0.6 is 22.6 Å². The maximum Gasteiger partial charge on any atom is 0.259 e. The molecule has 2 aromatic rings. The fraction of sp³-hybridized carbons (Fsp3) is 0.188. The predicted octanol–water partition coefficient (Wildman–Crippen LogP) is 3.38. The summed E-state index contributed by atoms with van der Waals surface area (Å²) in [5, 5.41) is 0. The fourth-order valence-corrected chi connectivity index (χ4v) is 3.22. The Kier molecular flexibility index (Phi) is 3.41. The second kappa shape index (κ2) is 5.09. The first kappa shape index (κ1) is 13.4. The number of anilines is 2. The highest BCUT2D eigenvalue weighted by atomic mass is 127. The number of benzene rings is 2. The Morgan fingerprint density at radius 1 is 1.25 bits per heavy atom. The lowest BCUT2D eigenvalue weighted by Gasteiger charge is -2.19. The van der Waals surface area contributed by atoms with Gasteiger partial charge in [-0.2, -0.15) is 0 Å². The van der Waals surface area contributed by atoms with Gasteiger partial charge < -0.3 is 10.6 Å². The van der Waals surface area contributed by atoms with Crippen molar-refractivity contribution in [3.8, 4) is 0 Å². The van der Waals surface area contributed by atoms with Crippen molar-refractivity contribution in [1.82, 2.24) is 0 Å². The summed E-state index contributed by atoms with van der Waals surface area (Å²) in [6.07, 6.45) is 0.830. The zero-order valence-corrected chi connectivity index (χ0v) is 13.3. The van der Waals surface area contributed by atoms with Crippen molar-refractivity contribution in [3.63, 3.8) is 0 Å². The number of hydrogen-bond donors (Lipinski definition) is 1. The van der Waals surface area contributed by atoms with E-state index in [0.717, 1.165) is 38.1 Å². The van der Waals surface area contributed by atoms with E-state index in [1.807, 2.05) is 48.2 Å². The molecule has 0 spiro atoms. The number of halogens is 1. The predicted molar refractivity (Wildman–Crippen MR) is 90.1 cm³/mol. The average molecular weight is 378 g/mol. The summed E-state index contributed by atoms with van der Waals surface area (Å²) in [6.45, 7) is 2.72. The van der Waals surface area contributed by atoms with Crippen molar-refractivity contribution in [2.75, 3.05) is 17.2 Å². The van der Waals surface area contributed by atoms with Crippen LogP contribution in [0.2, 0.25) is 0 Å². The summed E-state index contributed by atoms with van der Waals surface area (Å²) >= 11 is 2.24. The Balaban J connectivity index is 2.02. The van der Waals surface area contributed by atoms with Gasteiger partial charge in [0, 0.05) is 27.1 Å². The SMILES string of the molecule is Cc1cccc(C(=O)N2CCc3c(N)cccc32)c1I. The highest BCUT2D eigenvalue weighted by Gasteiger charge is 2.27. The summed E-state index contributed by atoms with van der Waals surface area (Å²) in [4.78, 5) is 14.6. The maximum atomic E-state index is 12.8. The fourth-order valence-electron chi connectivity index (χ4n) is 2.63. The zero-order chi connectivity index (χ0) is 14.3. The van der Waals surface area contributed by atoms with Crippen molar-refractivity contribution < 1.29 is 4.79 Å². The smallest absolute Gasteiger partial charge is 0.259 e. The van der Waals surface area contributed by atoms with Crippen LogP contribution in [0.25, 0.3) is 0 Å². The molecule has 0 saturated carbocycles. The molecule has 3 rings (SSSR count). The third-order valence-electron chi connectivity index (χ3n) is 3.73. The van der Waals surface area contributed by atoms with E-state index < -0.39 is 0 Å². The number of hydrogen-bond acceptors (Lipinski definition) is 2. The molecule has 102 valence electrons. The Bertz CT molecular complexity index is 697. The molecule has 0 atom stereocenters. The van der Waals surface area contributed by atoms with E-state index in [1.54, 1.807) is 0 Å². The zero-order valence-electron chi connectivity index (χ0n) is 11.2. The van der Waals surface area contributed by atoms with E-state index in [4.69, 9.17) is 5.73 Å². The first-order chi connectivity index (χ1) is 9.59. The molecule has 0 saturated heterocycles. The molecule has 1 amide bonds. The molecule has 3 nitrogen and oxygen atoms in total.